The molecule has 2 heterocycles. The summed E-state index contributed by atoms with van der Waals surface area (Å²) in [7, 11) is 0. The summed E-state index contributed by atoms with van der Waals surface area (Å²) in [5.74, 6) is -0.676. The van der Waals surface area contributed by atoms with Gasteiger partial charge in [-0.25, -0.2) is 9.59 Å². The first-order chi connectivity index (χ1) is 22.1. The minimum atomic E-state index is -0.668. The van der Waals surface area contributed by atoms with Crippen LogP contribution in [0.1, 0.15) is 91.9 Å². The highest BCUT2D eigenvalue weighted by molar-refractivity contribution is 5.70. The maximum Gasteiger partial charge on any atom is 0.508 e. The maximum absolute atomic E-state index is 12.0. The molecule has 0 spiro atoms. The molecule has 3 unspecified atom stereocenters. The van der Waals surface area contributed by atoms with Gasteiger partial charge in [0.15, 0.2) is 12.2 Å². The highest BCUT2D eigenvalue weighted by Crippen LogP contribution is 2.26. The topological polar surface area (TPSA) is 161 Å². The van der Waals surface area contributed by atoms with E-state index in [0.29, 0.717) is 38.9 Å². The van der Waals surface area contributed by atoms with Gasteiger partial charge in [-0.1, -0.05) is 27.2 Å². The Morgan fingerprint density at radius 2 is 1.20 bits per heavy atom. The second-order valence-corrected chi connectivity index (χ2v) is 11.7. The Morgan fingerprint density at radius 1 is 0.696 bits per heavy atom. The van der Waals surface area contributed by atoms with E-state index in [0.717, 1.165) is 25.7 Å². The lowest BCUT2D eigenvalue weighted by molar-refractivity contribution is -0.147. The van der Waals surface area contributed by atoms with Crippen LogP contribution >= 0.6 is 0 Å². The van der Waals surface area contributed by atoms with Crippen molar-refractivity contribution < 1.29 is 66.5 Å². The van der Waals surface area contributed by atoms with Gasteiger partial charge in [-0.3, -0.25) is 9.59 Å². The summed E-state index contributed by atoms with van der Waals surface area (Å²) in [6, 6.07) is 0. The van der Waals surface area contributed by atoms with Crippen LogP contribution in [-0.2, 0) is 57.0 Å². The van der Waals surface area contributed by atoms with Crippen molar-refractivity contribution in [2.75, 3.05) is 66.1 Å². The third kappa shape index (κ3) is 16.2. The number of unbranched alkanes of at least 4 members (excludes halogenated alkanes) is 1. The molecule has 2 aliphatic rings. The van der Waals surface area contributed by atoms with Gasteiger partial charge >= 0.3 is 24.2 Å². The molecule has 0 N–H and O–H groups in total. The molecule has 0 radical (unpaired) electrons. The van der Waals surface area contributed by atoms with Crippen LogP contribution in [0, 0.1) is 0 Å². The first kappa shape index (κ1) is 39.5. The molecule has 14 nitrogen and oxygen atoms in total. The Morgan fingerprint density at radius 3 is 1.65 bits per heavy atom. The normalized spacial score (nSPS) is 19.1. The Bertz CT molecular complexity index is 907. The van der Waals surface area contributed by atoms with Crippen LogP contribution < -0.4 is 0 Å². The molecule has 0 aromatic rings. The van der Waals surface area contributed by atoms with E-state index in [2.05, 4.69) is 6.92 Å². The summed E-state index contributed by atoms with van der Waals surface area (Å²) in [5.41, 5.74) is -0.815. The molecule has 2 fully saturated rings. The molecule has 0 aliphatic carbocycles. The zero-order valence-electron chi connectivity index (χ0n) is 28.0. The first-order valence-electron chi connectivity index (χ1n) is 16.5. The largest absolute Gasteiger partial charge is 0.508 e. The first-order valence-corrected chi connectivity index (χ1v) is 16.5. The lowest BCUT2D eigenvalue weighted by atomic mass is 9.93. The van der Waals surface area contributed by atoms with Crippen molar-refractivity contribution in [3.05, 3.63) is 0 Å². The minimum Gasteiger partial charge on any atom is -0.463 e. The van der Waals surface area contributed by atoms with E-state index < -0.39 is 35.7 Å². The van der Waals surface area contributed by atoms with Gasteiger partial charge in [-0.05, 0) is 51.9 Å². The van der Waals surface area contributed by atoms with Crippen molar-refractivity contribution in [1.82, 2.24) is 0 Å². The standard InChI is InChI=1S/C32H54O14/c1-5-12-31(4,43-23-25-21-41-29(35)45-25)13-15-37-17-19-39-27(33)10-8-9-11-28(34)40-20-18-38-16-14-32(6-2,7-3)44-24-26-22-42-30(36)46-26/h25-26H,5-24H2,1-4H3. The van der Waals surface area contributed by atoms with E-state index in [4.69, 9.17) is 47.4 Å². The second kappa shape index (κ2) is 22.0. The predicted octanol–water partition coefficient (Wildman–Crippen LogP) is 4.67. The van der Waals surface area contributed by atoms with Crippen LogP contribution in [0.2, 0.25) is 0 Å². The average molecular weight is 663 g/mol. The highest BCUT2D eigenvalue weighted by Gasteiger charge is 2.32. The van der Waals surface area contributed by atoms with Gasteiger partial charge in [0.2, 0.25) is 0 Å². The number of hydrogen-bond donors (Lipinski definition) is 0. The van der Waals surface area contributed by atoms with Gasteiger partial charge in [0.25, 0.3) is 0 Å². The van der Waals surface area contributed by atoms with Crippen LogP contribution in [0.4, 0.5) is 9.59 Å². The molecule has 0 amide bonds. The van der Waals surface area contributed by atoms with Crippen molar-refractivity contribution in [2.24, 2.45) is 0 Å². The van der Waals surface area contributed by atoms with Crippen molar-refractivity contribution in [1.29, 1.82) is 0 Å². The lowest BCUT2D eigenvalue weighted by Gasteiger charge is -2.32. The quantitative estimate of drug-likeness (QED) is 0.0678. The molecule has 0 aromatic heterocycles. The second-order valence-electron chi connectivity index (χ2n) is 11.7. The van der Waals surface area contributed by atoms with Gasteiger partial charge in [-0.2, -0.15) is 0 Å². The Labute approximate surface area is 272 Å². The predicted molar refractivity (Wildman–Crippen MR) is 162 cm³/mol. The molecule has 3 atom stereocenters. The maximum atomic E-state index is 12.0. The number of rotatable bonds is 27. The number of esters is 2. The molecule has 0 bridgehead atoms. The molecule has 0 aromatic carbocycles. The highest BCUT2D eigenvalue weighted by atomic mass is 16.8. The summed E-state index contributed by atoms with van der Waals surface area (Å²) in [6.07, 6.45) is 3.94. The summed E-state index contributed by atoms with van der Waals surface area (Å²) in [5, 5.41) is 0. The molecule has 0 saturated carbocycles. The van der Waals surface area contributed by atoms with Crippen molar-refractivity contribution in [3.63, 3.8) is 0 Å². The lowest BCUT2D eigenvalue weighted by Crippen LogP contribution is -2.36. The zero-order valence-corrected chi connectivity index (χ0v) is 28.0. The van der Waals surface area contributed by atoms with E-state index in [1.54, 1.807) is 0 Å². The third-order valence-electron chi connectivity index (χ3n) is 8.03. The zero-order chi connectivity index (χ0) is 33.7. The molecular formula is C32H54O14. The van der Waals surface area contributed by atoms with Gasteiger partial charge in [0.05, 0.1) is 37.6 Å². The molecule has 2 rings (SSSR count). The smallest absolute Gasteiger partial charge is 0.463 e. The number of cyclic esters (lactones) is 4. The Balaban J connectivity index is 1.43. The van der Waals surface area contributed by atoms with E-state index in [1.165, 1.54) is 0 Å². The van der Waals surface area contributed by atoms with Crippen molar-refractivity contribution in [2.45, 2.75) is 115 Å². The fourth-order valence-electron chi connectivity index (χ4n) is 5.00. The fourth-order valence-corrected chi connectivity index (χ4v) is 5.00. The summed E-state index contributed by atoms with van der Waals surface area (Å²) in [6.45, 7) is 10.8. The molecule has 266 valence electrons. The van der Waals surface area contributed by atoms with Crippen molar-refractivity contribution in [3.8, 4) is 0 Å². The number of carbonyl (C=O) groups is 4. The van der Waals surface area contributed by atoms with Gasteiger partial charge in [0.1, 0.15) is 26.4 Å². The summed E-state index contributed by atoms with van der Waals surface area (Å²) < 4.78 is 53.4. The van der Waals surface area contributed by atoms with Gasteiger partial charge in [-0.15, -0.1) is 0 Å². The van der Waals surface area contributed by atoms with Crippen LogP contribution in [0.5, 0.6) is 0 Å². The van der Waals surface area contributed by atoms with Crippen molar-refractivity contribution >= 4 is 24.2 Å². The number of carbonyl (C=O) groups excluding carboxylic acids is 4. The van der Waals surface area contributed by atoms with Gasteiger partial charge < -0.3 is 47.4 Å². The Kier molecular flexibility index (Phi) is 18.9. The molecule has 2 aliphatic heterocycles. The summed E-state index contributed by atoms with van der Waals surface area (Å²) >= 11 is 0. The van der Waals surface area contributed by atoms with Crippen LogP contribution in [-0.4, -0.2) is 114 Å². The fraction of sp³-hybridized carbons (Fsp3) is 0.875. The minimum absolute atomic E-state index is 0.149. The molecular weight excluding hydrogens is 608 g/mol. The van der Waals surface area contributed by atoms with E-state index in [-0.39, 0.29) is 77.6 Å². The number of hydrogen-bond acceptors (Lipinski definition) is 14. The molecule has 2 saturated heterocycles. The molecule has 46 heavy (non-hydrogen) atoms. The molecule has 14 heteroatoms. The SMILES string of the molecule is CCCC(C)(CCOCCOC(=O)CCCCC(=O)OCCOCCC(CC)(CC)OCC1COC(=O)O1)OCC1COC(=O)O1. The van der Waals surface area contributed by atoms with Gasteiger partial charge in [0, 0.05) is 26.1 Å². The van der Waals surface area contributed by atoms with E-state index >= 15 is 0 Å². The van der Waals surface area contributed by atoms with Crippen LogP contribution in [0.15, 0.2) is 0 Å². The average Bonchev–Trinajstić information content (AvgIpc) is 3.66. The Hall–Kier alpha value is -2.68. The monoisotopic (exact) mass is 662 g/mol. The summed E-state index contributed by atoms with van der Waals surface area (Å²) in [4.78, 5) is 46.2. The van der Waals surface area contributed by atoms with E-state index in [1.807, 2.05) is 20.8 Å². The number of ether oxygens (including phenoxy) is 10. The third-order valence-corrected chi connectivity index (χ3v) is 8.03. The van der Waals surface area contributed by atoms with Crippen LogP contribution in [0.3, 0.4) is 0 Å². The van der Waals surface area contributed by atoms with Crippen LogP contribution in [0.25, 0.3) is 0 Å². The van der Waals surface area contributed by atoms with E-state index in [9.17, 15) is 19.2 Å².